The number of hydrogen-bond acceptors (Lipinski definition) is 5. The molecule has 0 saturated heterocycles. The Bertz CT molecular complexity index is 942. The first kappa shape index (κ1) is 52.8. The number of esters is 1. The van der Waals surface area contributed by atoms with Crippen molar-refractivity contribution in [2.75, 3.05) is 13.2 Å². The fourth-order valence-electron chi connectivity index (χ4n) is 6.65. The molecule has 55 heavy (non-hydrogen) atoms. The molecule has 0 aromatic heterocycles. The summed E-state index contributed by atoms with van der Waals surface area (Å²) < 4.78 is 5.42. The number of nitrogens with one attached hydrogen (secondary N) is 1. The van der Waals surface area contributed by atoms with E-state index < -0.39 is 12.1 Å². The van der Waals surface area contributed by atoms with Crippen molar-refractivity contribution in [3.63, 3.8) is 0 Å². The molecule has 0 aliphatic heterocycles. The monoisotopic (exact) mass is 772 g/mol. The molecule has 0 aromatic rings. The van der Waals surface area contributed by atoms with E-state index in [1.54, 1.807) is 6.08 Å². The molecular formula is C49H89NO5. The Hall–Kier alpha value is -2.18. The van der Waals surface area contributed by atoms with Gasteiger partial charge in [0.25, 0.3) is 0 Å². The zero-order valence-corrected chi connectivity index (χ0v) is 36.1. The highest BCUT2D eigenvalue weighted by Crippen LogP contribution is 2.13. The van der Waals surface area contributed by atoms with Gasteiger partial charge in [0.2, 0.25) is 5.91 Å². The number of carbonyl (C=O) groups excluding carboxylic acids is 2. The van der Waals surface area contributed by atoms with Crippen LogP contribution >= 0.6 is 0 Å². The highest BCUT2D eigenvalue weighted by Gasteiger charge is 2.18. The van der Waals surface area contributed by atoms with Crippen LogP contribution in [0.1, 0.15) is 226 Å². The average Bonchev–Trinajstić information content (AvgIpc) is 3.18. The minimum absolute atomic E-state index is 0.0478. The molecule has 0 fully saturated rings. The van der Waals surface area contributed by atoms with Crippen LogP contribution in [0.25, 0.3) is 0 Å². The maximum absolute atomic E-state index is 12.4. The lowest BCUT2D eigenvalue weighted by Crippen LogP contribution is -2.45. The quantitative estimate of drug-likeness (QED) is 0.0326. The van der Waals surface area contributed by atoms with Gasteiger partial charge in [0.1, 0.15) is 0 Å². The van der Waals surface area contributed by atoms with Crippen LogP contribution < -0.4 is 5.32 Å². The van der Waals surface area contributed by atoms with E-state index in [0.717, 1.165) is 83.5 Å². The molecule has 6 nitrogen and oxygen atoms in total. The van der Waals surface area contributed by atoms with E-state index in [1.165, 1.54) is 116 Å². The second kappa shape index (κ2) is 44.5. The number of carbonyl (C=O) groups is 2. The highest BCUT2D eigenvalue weighted by molar-refractivity contribution is 5.76. The molecule has 0 saturated carbocycles. The number of hydrogen-bond donors (Lipinski definition) is 3. The van der Waals surface area contributed by atoms with Crippen molar-refractivity contribution in [3.8, 4) is 0 Å². The first-order valence-corrected chi connectivity index (χ1v) is 23.4. The SMILES string of the molecule is CCCCC/C=C\C/C=C\CCCCCCCCCC(=O)OCCCC/C=C\CCCCCCC(=O)NC(CO)C(O)/C=C/CCCCCCCCCCC. The van der Waals surface area contributed by atoms with Gasteiger partial charge in [-0.25, -0.2) is 0 Å². The summed E-state index contributed by atoms with van der Waals surface area (Å²) >= 11 is 0. The van der Waals surface area contributed by atoms with E-state index in [4.69, 9.17) is 4.74 Å². The van der Waals surface area contributed by atoms with Crippen molar-refractivity contribution < 1.29 is 24.5 Å². The molecule has 0 rings (SSSR count). The van der Waals surface area contributed by atoms with Crippen molar-refractivity contribution in [2.45, 2.75) is 238 Å². The van der Waals surface area contributed by atoms with E-state index in [2.05, 4.69) is 55.6 Å². The molecule has 0 radical (unpaired) electrons. The summed E-state index contributed by atoms with van der Waals surface area (Å²) in [6.45, 7) is 4.75. The third-order valence-corrected chi connectivity index (χ3v) is 10.3. The predicted molar refractivity (Wildman–Crippen MR) is 236 cm³/mol. The number of amides is 1. The van der Waals surface area contributed by atoms with E-state index in [0.29, 0.717) is 19.4 Å². The molecule has 3 N–H and O–H groups in total. The summed E-state index contributed by atoms with van der Waals surface area (Å²) in [6, 6.07) is -0.653. The maximum Gasteiger partial charge on any atom is 0.305 e. The number of rotatable bonds is 42. The van der Waals surface area contributed by atoms with Crippen LogP contribution in [-0.4, -0.2) is 47.4 Å². The van der Waals surface area contributed by atoms with Gasteiger partial charge in [0.15, 0.2) is 0 Å². The van der Waals surface area contributed by atoms with Gasteiger partial charge in [-0.2, -0.15) is 0 Å². The minimum Gasteiger partial charge on any atom is -0.466 e. The lowest BCUT2D eigenvalue weighted by atomic mass is 10.1. The lowest BCUT2D eigenvalue weighted by molar-refractivity contribution is -0.143. The van der Waals surface area contributed by atoms with Crippen LogP contribution in [-0.2, 0) is 14.3 Å². The zero-order valence-electron chi connectivity index (χ0n) is 36.1. The van der Waals surface area contributed by atoms with Crippen molar-refractivity contribution in [3.05, 3.63) is 48.6 Å². The molecule has 0 spiro atoms. The minimum atomic E-state index is -0.866. The molecule has 0 aliphatic rings. The van der Waals surface area contributed by atoms with Gasteiger partial charge in [-0.1, -0.05) is 172 Å². The normalized spacial score (nSPS) is 13.2. The van der Waals surface area contributed by atoms with Gasteiger partial charge < -0.3 is 20.3 Å². The molecule has 320 valence electrons. The number of unbranched alkanes of at least 4 members (excludes halogenated alkanes) is 25. The fourth-order valence-corrected chi connectivity index (χ4v) is 6.65. The summed E-state index contributed by atoms with van der Waals surface area (Å²) in [4.78, 5) is 24.4. The van der Waals surface area contributed by atoms with Crippen LogP contribution in [0.3, 0.4) is 0 Å². The molecule has 1 amide bonds. The molecular weight excluding hydrogens is 683 g/mol. The van der Waals surface area contributed by atoms with E-state index >= 15 is 0 Å². The zero-order chi connectivity index (χ0) is 40.1. The van der Waals surface area contributed by atoms with Crippen LogP contribution in [0.5, 0.6) is 0 Å². The summed E-state index contributed by atoms with van der Waals surface area (Å²) in [5.74, 6) is -0.156. The second-order valence-electron chi connectivity index (χ2n) is 15.7. The number of aliphatic hydroxyl groups is 2. The molecule has 0 bridgehead atoms. The second-order valence-corrected chi connectivity index (χ2v) is 15.7. The molecule has 0 aromatic carbocycles. The average molecular weight is 772 g/mol. The van der Waals surface area contributed by atoms with Crippen molar-refractivity contribution in [1.29, 1.82) is 0 Å². The fraction of sp³-hybridized carbons (Fsp3) is 0.796. The van der Waals surface area contributed by atoms with Crippen LogP contribution in [0.15, 0.2) is 48.6 Å². The van der Waals surface area contributed by atoms with Crippen LogP contribution in [0.4, 0.5) is 0 Å². The molecule has 2 unspecified atom stereocenters. The van der Waals surface area contributed by atoms with Gasteiger partial charge in [-0.15, -0.1) is 0 Å². The first-order chi connectivity index (χ1) is 27.0. The third-order valence-electron chi connectivity index (χ3n) is 10.3. The maximum atomic E-state index is 12.4. The Morgan fingerprint density at radius 1 is 0.509 bits per heavy atom. The van der Waals surface area contributed by atoms with Gasteiger partial charge in [0.05, 0.1) is 25.4 Å². The summed E-state index contributed by atoms with van der Waals surface area (Å²) in [7, 11) is 0. The largest absolute Gasteiger partial charge is 0.466 e. The summed E-state index contributed by atoms with van der Waals surface area (Å²) in [6.07, 6.45) is 53.9. The number of ether oxygens (including phenoxy) is 1. The van der Waals surface area contributed by atoms with Crippen LogP contribution in [0.2, 0.25) is 0 Å². The Morgan fingerprint density at radius 3 is 1.44 bits per heavy atom. The Balaban J connectivity index is 3.57. The van der Waals surface area contributed by atoms with Crippen molar-refractivity contribution >= 4 is 11.9 Å². The Kier molecular flexibility index (Phi) is 42.8. The third kappa shape index (κ3) is 41.3. The summed E-state index contributed by atoms with van der Waals surface area (Å²) in [5, 5.41) is 22.9. The van der Waals surface area contributed by atoms with E-state index in [9.17, 15) is 19.8 Å². The first-order valence-electron chi connectivity index (χ1n) is 23.4. The Morgan fingerprint density at radius 2 is 0.909 bits per heavy atom. The molecule has 0 aliphatic carbocycles. The van der Waals surface area contributed by atoms with Gasteiger partial charge in [-0.3, -0.25) is 9.59 Å². The smallest absolute Gasteiger partial charge is 0.305 e. The van der Waals surface area contributed by atoms with Crippen molar-refractivity contribution in [2.24, 2.45) is 0 Å². The molecule has 6 heteroatoms. The standard InChI is InChI=1S/C49H89NO5/c1-3-5-7-9-11-13-15-16-17-18-19-20-22-27-31-35-39-43-49(54)55-44-40-36-32-28-24-23-26-30-34-38-42-48(53)50-46(45-51)47(52)41-37-33-29-25-21-14-12-10-8-6-4-2/h11,13,16-17,24,28,37,41,46-47,51-52H,3-10,12,14-15,18-23,25-27,29-36,38-40,42-45H2,1-2H3,(H,50,53)/b13-11-,17-16-,28-24-,41-37+. The van der Waals surface area contributed by atoms with Crippen LogP contribution in [0, 0.1) is 0 Å². The highest BCUT2D eigenvalue weighted by atomic mass is 16.5. The Labute approximate surface area is 340 Å². The lowest BCUT2D eigenvalue weighted by Gasteiger charge is -2.20. The predicted octanol–water partition coefficient (Wildman–Crippen LogP) is 13.5. The summed E-state index contributed by atoms with van der Waals surface area (Å²) in [5.41, 5.74) is 0. The topological polar surface area (TPSA) is 95.9 Å². The van der Waals surface area contributed by atoms with E-state index in [1.807, 2.05) is 6.08 Å². The van der Waals surface area contributed by atoms with Crippen molar-refractivity contribution in [1.82, 2.24) is 5.32 Å². The number of aliphatic hydroxyl groups excluding tert-OH is 2. The number of allylic oxidation sites excluding steroid dienone is 7. The molecule has 2 atom stereocenters. The van der Waals surface area contributed by atoms with Gasteiger partial charge in [0, 0.05) is 12.8 Å². The molecule has 0 heterocycles. The van der Waals surface area contributed by atoms with Gasteiger partial charge >= 0.3 is 5.97 Å². The van der Waals surface area contributed by atoms with Gasteiger partial charge in [-0.05, 0) is 89.9 Å². The van der Waals surface area contributed by atoms with E-state index in [-0.39, 0.29) is 18.5 Å².